The predicted molar refractivity (Wildman–Crippen MR) is 112 cm³/mol. The molecule has 1 aromatic rings. The number of cyclic esters (lactones) is 1. The highest BCUT2D eigenvalue weighted by atomic mass is 32.2. The van der Waals surface area contributed by atoms with E-state index in [2.05, 4.69) is 0 Å². The molecule has 3 aliphatic rings. The summed E-state index contributed by atoms with van der Waals surface area (Å²) in [7, 11) is -3.38. The maximum Gasteiger partial charge on any atom is 0.414 e. The molecule has 0 N–H and O–H groups in total. The van der Waals surface area contributed by atoms with Crippen LogP contribution in [0.4, 0.5) is 25.0 Å². The molecule has 0 spiro atoms. The number of rotatable bonds is 5. The quantitative estimate of drug-likeness (QED) is 0.608. The summed E-state index contributed by atoms with van der Waals surface area (Å²) < 4.78 is 63.1. The first-order valence-electron chi connectivity index (χ1n) is 10.4. The van der Waals surface area contributed by atoms with Gasteiger partial charge in [0.05, 0.1) is 23.9 Å². The summed E-state index contributed by atoms with van der Waals surface area (Å²) in [6.07, 6.45) is -0.738. The molecule has 1 amide bonds. The summed E-state index contributed by atoms with van der Waals surface area (Å²) in [5.41, 5.74) is -0.830. The van der Waals surface area contributed by atoms with Crippen LogP contribution in [0.15, 0.2) is 12.1 Å². The van der Waals surface area contributed by atoms with E-state index < -0.39 is 39.3 Å². The van der Waals surface area contributed by atoms with Crippen molar-refractivity contribution in [2.75, 3.05) is 41.4 Å². The lowest BCUT2D eigenvalue weighted by atomic mass is 10.1. The number of sulfone groups is 1. The second-order valence-corrected chi connectivity index (χ2v) is 11.9. The third-order valence-corrected chi connectivity index (χ3v) is 6.84. The minimum Gasteiger partial charge on any atom is -0.460 e. The maximum absolute atomic E-state index is 14.9. The molecule has 3 fully saturated rings. The van der Waals surface area contributed by atoms with Gasteiger partial charge >= 0.3 is 12.1 Å². The standard InChI is InChI=1S/C21H26F2N2O6S/c1-21(2,3)31-19(26)17-13-8-24(9-14(13)17)18-15(22)5-11(6-16(18)23)25-7-12(30-20(25)27)10-32(4,28)29/h5-6,12-14,17H,7-10H2,1-4H3/t12-,13-,14+,17?/m1/s1. The van der Waals surface area contributed by atoms with Gasteiger partial charge in [-0.05, 0) is 32.6 Å². The Morgan fingerprint density at radius 3 is 2.22 bits per heavy atom. The zero-order chi connectivity index (χ0) is 23.6. The first kappa shape index (κ1) is 22.8. The second-order valence-electron chi connectivity index (χ2n) is 9.76. The van der Waals surface area contributed by atoms with Crippen LogP contribution in [0.2, 0.25) is 0 Å². The fourth-order valence-electron chi connectivity index (χ4n) is 4.60. The Bertz CT molecular complexity index is 1040. The number of hydrogen-bond acceptors (Lipinski definition) is 7. The van der Waals surface area contributed by atoms with Crippen molar-refractivity contribution in [2.45, 2.75) is 32.5 Å². The maximum atomic E-state index is 14.9. The van der Waals surface area contributed by atoms with E-state index in [1.165, 1.54) is 0 Å². The van der Waals surface area contributed by atoms with Crippen LogP contribution >= 0.6 is 0 Å². The zero-order valence-electron chi connectivity index (χ0n) is 18.3. The number of esters is 1. The van der Waals surface area contributed by atoms with E-state index in [1.54, 1.807) is 25.7 Å². The number of ether oxygens (including phenoxy) is 2. The van der Waals surface area contributed by atoms with Crippen molar-refractivity contribution in [1.29, 1.82) is 0 Å². The van der Waals surface area contributed by atoms with Crippen molar-refractivity contribution >= 4 is 33.3 Å². The first-order valence-corrected chi connectivity index (χ1v) is 12.4. The highest BCUT2D eigenvalue weighted by molar-refractivity contribution is 7.90. The van der Waals surface area contributed by atoms with Crippen LogP contribution in [-0.4, -0.2) is 63.8 Å². The number of carbonyl (C=O) groups is 2. The summed E-state index contributed by atoms with van der Waals surface area (Å²) in [5, 5.41) is 0. The van der Waals surface area contributed by atoms with Gasteiger partial charge in [0.25, 0.3) is 0 Å². The minimum absolute atomic E-state index is 0.00589. The number of benzene rings is 1. The molecule has 32 heavy (non-hydrogen) atoms. The molecule has 11 heteroatoms. The summed E-state index contributed by atoms with van der Waals surface area (Å²) in [4.78, 5) is 27.0. The Labute approximate surface area is 185 Å². The summed E-state index contributed by atoms with van der Waals surface area (Å²) in [6.45, 7) is 5.94. The van der Waals surface area contributed by atoms with Gasteiger partial charge in [-0.2, -0.15) is 0 Å². The Hall–Kier alpha value is -2.43. The van der Waals surface area contributed by atoms with Gasteiger partial charge in [-0.1, -0.05) is 0 Å². The minimum atomic E-state index is -3.38. The molecule has 0 radical (unpaired) electrons. The van der Waals surface area contributed by atoms with Crippen molar-refractivity contribution in [3.8, 4) is 0 Å². The van der Waals surface area contributed by atoms with E-state index in [-0.39, 0.29) is 47.4 Å². The van der Waals surface area contributed by atoms with Gasteiger partial charge in [-0.15, -0.1) is 0 Å². The van der Waals surface area contributed by atoms with Crippen LogP contribution in [0.5, 0.6) is 0 Å². The average molecular weight is 473 g/mol. The molecule has 176 valence electrons. The number of hydrogen-bond donors (Lipinski definition) is 0. The summed E-state index contributed by atoms with van der Waals surface area (Å²) in [6, 6.07) is 2.08. The van der Waals surface area contributed by atoms with E-state index in [9.17, 15) is 26.8 Å². The van der Waals surface area contributed by atoms with E-state index >= 15 is 0 Å². The highest BCUT2D eigenvalue weighted by Gasteiger charge is 2.61. The highest BCUT2D eigenvalue weighted by Crippen LogP contribution is 2.54. The van der Waals surface area contributed by atoms with Gasteiger partial charge in [-0.3, -0.25) is 9.69 Å². The van der Waals surface area contributed by atoms with Gasteiger partial charge in [-0.25, -0.2) is 22.0 Å². The average Bonchev–Trinajstić information content (AvgIpc) is 2.91. The Morgan fingerprint density at radius 1 is 1.16 bits per heavy atom. The lowest BCUT2D eigenvalue weighted by molar-refractivity contribution is -0.157. The third-order valence-electron chi connectivity index (χ3n) is 5.87. The Morgan fingerprint density at radius 2 is 1.72 bits per heavy atom. The molecule has 4 rings (SSSR count). The van der Waals surface area contributed by atoms with E-state index in [0.29, 0.717) is 13.1 Å². The molecule has 1 unspecified atom stereocenters. The van der Waals surface area contributed by atoms with Gasteiger partial charge < -0.3 is 14.4 Å². The topological polar surface area (TPSA) is 93.2 Å². The predicted octanol–water partition coefficient (Wildman–Crippen LogP) is 2.36. The summed E-state index contributed by atoms with van der Waals surface area (Å²) >= 11 is 0. The second kappa shape index (κ2) is 7.57. The van der Waals surface area contributed by atoms with Crippen LogP contribution in [0.3, 0.4) is 0 Å². The van der Waals surface area contributed by atoms with Crippen LogP contribution in [0, 0.1) is 29.4 Å². The number of nitrogens with zero attached hydrogens (tertiary/aromatic N) is 2. The molecule has 1 aromatic carbocycles. The lowest BCUT2D eigenvalue weighted by Gasteiger charge is -2.25. The van der Waals surface area contributed by atoms with E-state index in [4.69, 9.17) is 9.47 Å². The van der Waals surface area contributed by atoms with Crippen LogP contribution in [0.25, 0.3) is 0 Å². The van der Waals surface area contributed by atoms with Gasteiger partial charge in [0.15, 0.2) is 21.5 Å². The number of amides is 1. The molecule has 0 aromatic heterocycles. The van der Waals surface area contributed by atoms with Crippen molar-refractivity contribution in [1.82, 2.24) is 0 Å². The molecule has 2 heterocycles. The van der Waals surface area contributed by atoms with Crippen molar-refractivity contribution in [2.24, 2.45) is 17.8 Å². The molecular weight excluding hydrogens is 446 g/mol. The number of halogens is 2. The molecule has 1 aliphatic carbocycles. The molecule has 2 saturated heterocycles. The first-order chi connectivity index (χ1) is 14.7. The number of carbonyl (C=O) groups excluding carboxylic acids is 2. The number of anilines is 2. The molecular formula is C21H26F2N2O6S. The molecule has 0 bridgehead atoms. The normalized spacial score (nSPS) is 27.4. The van der Waals surface area contributed by atoms with Crippen molar-refractivity contribution in [3.05, 3.63) is 23.8 Å². The lowest BCUT2D eigenvalue weighted by Crippen LogP contribution is -2.31. The van der Waals surface area contributed by atoms with Gasteiger partial charge in [0.2, 0.25) is 0 Å². The molecule has 8 nitrogen and oxygen atoms in total. The molecule has 4 atom stereocenters. The molecule has 2 aliphatic heterocycles. The number of fused-ring (bicyclic) bond motifs is 1. The summed E-state index contributed by atoms with van der Waals surface area (Å²) in [5.74, 6) is -2.58. The van der Waals surface area contributed by atoms with E-state index in [0.717, 1.165) is 23.3 Å². The van der Waals surface area contributed by atoms with E-state index in [1.807, 2.05) is 0 Å². The van der Waals surface area contributed by atoms with Gasteiger partial charge in [0.1, 0.15) is 17.4 Å². The number of piperidine rings is 1. The van der Waals surface area contributed by atoms with Gasteiger partial charge in [0, 0.05) is 31.5 Å². The van der Waals surface area contributed by atoms with Crippen molar-refractivity contribution < 1.29 is 36.3 Å². The monoisotopic (exact) mass is 472 g/mol. The third kappa shape index (κ3) is 4.53. The zero-order valence-corrected chi connectivity index (χ0v) is 19.1. The molecule has 1 saturated carbocycles. The largest absolute Gasteiger partial charge is 0.460 e. The fourth-order valence-corrected chi connectivity index (χ4v) is 5.44. The SMILES string of the molecule is CC(C)(C)OC(=O)C1[C@H]2CN(c3c(F)cc(N4C[C@H](CS(C)(=O)=O)OC4=O)cc3F)C[C@@H]12. The van der Waals surface area contributed by atoms with Crippen LogP contribution < -0.4 is 9.80 Å². The smallest absolute Gasteiger partial charge is 0.414 e. The van der Waals surface area contributed by atoms with Crippen LogP contribution in [0.1, 0.15) is 20.8 Å². The van der Waals surface area contributed by atoms with Crippen molar-refractivity contribution in [3.63, 3.8) is 0 Å². The Balaban J connectivity index is 1.44. The fraction of sp³-hybridized carbons (Fsp3) is 0.619. The Kier molecular flexibility index (Phi) is 5.38. The van der Waals surface area contributed by atoms with Crippen LogP contribution in [-0.2, 0) is 24.1 Å².